The largest absolute Gasteiger partial charge is 0.367 e. The molecule has 1 aliphatic carbocycles. The number of hydrogen-bond donors (Lipinski definition) is 1. The van der Waals surface area contributed by atoms with Crippen molar-refractivity contribution in [1.82, 2.24) is 9.97 Å². The third-order valence-electron chi connectivity index (χ3n) is 4.08. The van der Waals surface area contributed by atoms with Crippen LogP contribution in [0, 0.1) is 19.8 Å². The van der Waals surface area contributed by atoms with Gasteiger partial charge in [0.1, 0.15) is 16.8 Å². The number of hydrogen-bond acceptors (Lipinski definition) is 3. The first-order chi connectivity index (χ1) is 9.10. The molecular formula is C15H24ClN3. The van der Waals surface area contributed by atoms with Crippen LogP contribution in [0.25, 0.3) is 0 Å². The van der Waals surface area contributed by atoms with Gasteiger partial charge in [-0.25, -0.2) is 9.97 Å². The molecule has 1 N–H and O–H groups in total. The summed E-state index contributed by atoms with van der Waals surface area (Å²) < 4.78 is 0. The Balaban J connectivity index is 1.96. The standard InChI is InChI=1S/C15H24ClN3/c1-4-5-12-6-8-13(9-7-12)19-15-10(2)14(16)17-11(3)18-15/h12-13H,4-9H2,1-3H3,(H,17,18,19). The minimum atomic E-state index is 0.539. The molecule has 0 radical (unpaired) electrons. The fourth-order valence-corrected chi connectivity index (χ4v) is 3.14. The van der Waals surface area contributed by atoms with E-state index in [2.05, 4.69) is 22.2 Å². The molecule has 1 heterocycles. The number of anilines is 1. The van der Waals surface area contributed by atoms with Crippen LogP contribution in [0.4, 0.5) is 5.82 Å². The van der Waals surface area contributed by atoms with Gasteiger partial charge in [-0.3, -0.25) is 0 Å². The summed E-state index contributed by atoms with van der Waals surface area (Å²) in [7, 11) is 0. The Labute approximate surface area is 121 Å². The van der Waals surface area contributed by atoms with Gasteiger partial charge < -0.3 is 5.32 Å². The van der Waals surface area contributed by atoms with Crippen LogP contribution in [-0.4, -0.2) is 16.0 Å². The Morgan fingerprint density at radius 1 is 1.16 bits per heavy atom. The first-order valence-corrected chi connectivity index (χ1v) is 7.75. The molecule has 0 aliphatic heterocycles. The average molecular weight is 282 g/mol. The Morgan fingerprint density at radius 2 is 1.84 bits per heavy atom. The van der Waals surface area contributed by atoms with Crippen LogP contribution in [0.3, 0.4) is 0 Å². The maximum atomic E-state index is 6.11. The molecule has 19 heavy (non-hydrogen) atoms. The minimum absolute atomic E-state index is 0.539. The van der Waals surface area contributed by atoms with Crippen molar-refractivity contribution in [3.05, 3.63) is 16.5 Å². The summed E-state index contributed by atoms with van der Waals surface area (Å²) in [6.07, 6.45) is 7.84. The molecule has 0 amide bonds. The number of aryl methyl sites for hydroxylation is 1. The van der Waals surface area contributed by atoms with E-state index < -0.39 is 0 Å². The van der Waals surface area contributed by atoms with Crippen LogP contribution < -0.4 is 5.32 Å². The molecule has 2 rings (SSSR count). The molecule has 106 valence electrons. The van der Waals surface area contributed by atoms with E-state index in [-0.39, 0.29) is 0 Å². The van der Waals surface area contributed by atoms with Crippen molar-refractivity contribution < 1.29 is 0 Å². The molecule has 1 saturated carbocycles. The molecule has 1 aliphatic rings. The van der Waals surface area contributed by atoms with Gasteiger partial charge in [-0.05, 0) is 45.4 Å². The Kier molecular flexibility index (Phi) is 5.03. The van der Waals surface area contributed by atoms with Gasteiger partial charge in [0.25, 0.3) is 0 Å². The summed E-state index contributed by atoms with van der Waals surface area (Å²) in [6, 6.07) is 0.539. The van der Waals surface area contributed by atoms with E-state index in [1.165, 1.54) is 38.5 Å². The predicted octanol–water partition coefficient (Wildman–Crippen LogP) is 4.52. The molecular weight excluding hydrogens is 258 g/mol. The van der Waals surface area contributed by atoms with E-state index in [0.717, 1.165) is 23.1 Å². The fraction of sp³-hybridized carbons (Fsp3) is 0.733. The van der Waals surface area contributed by atoms with E-state index in [1.54, 1.807) is 0 Å². The van der Waals surface area contributed by atoms with Gasteiger partial charge in [0, 0.05) is 11.6 Å². The molecule has 1 aromatic heterocycles. The van der Waals surface area contributed by atoms with Crippen molar-refractivity contribution in [3.63, 3.8) is 0 Å². The Bertz CT molecular complexity index is 426. The lowest BCUT2D eigenvalue weighted by Crippen LogP contribution is -2.27. The topological polar surface area (TPSA) is 37.8 Å². The molecule has 0 aromatic carbocycles. The zero-order valence-corrected chi connectivity index (χ0v) is 12.9. The zero-order chi connectivity index (χ0) is 13.8. The molecule has 1 aromatic rings. The average Bonchev–Trinajstić information content (AvgIpc) is 2.38. The minimum Gasteiger partial charge on any atom is -0.367 e. The second-order valence-electron chi connectivity index (χ2n) is 5.69. The second kappa shape index (κ2) is 6.56. The molecule has 4 heteroatoms. The molecule has 1 fully saturated rings. The maximum absolute atomic E-state index is 6.11. The van der Waals surface area contributed by atoms with Crippen molar-refractivity contribution in [3.8, 4) is 0 Å². The van der Waals surface area contributed by atoms with Gasteiger partial charge in [-0.15, -0.1) is 0 Å². The van der Waals surface area contributed by atoms with Gasteiger partial charge in [0.05, 0.1) is 0 Å². The highest BCUT2D eigenvalue weighted by Gasteiger charge is 2.21. The van der Waals surface area contributed by atoms with Crippen LogP contribution >= 0.6 is 11.6 Å². The van der Waals surface area contributed by atoms with Crippen molar-refractivity contribution in [1.29, 1.82) is 0 Å². The monoisotopic (exact) mass is 281 g/mol. The van der Waals surface area contributed by atoms with Crippen LogP contribution in [0.5, 0.6) is 0 Å². The van der Waals surface area contributed by atoms with Gasteiger partial charge >= 0.3 is 0 Å². The smallest absolute Gasteiger partial charge is 0.137 e. The van der Waals surface area contributed by atoms with E-state index in [9.17, 15) is 0 Å². The van der Waals surface area contributed by atoms with E-state index in [0.29, 0.717) is 11.2 Å². The lowest BCUT2D eigenvalue weighted by molar-refractivity contribution is 0.318. The number of nitrogens with one attached hydrogen (secondary N) is 1. The van der Waals surface area contributed by atoms with Gasteiger partial charge in [-0.1, -0.05) is 31.4 Å². The fourth-order valence-electron chi connectivity index (χ4n) is 2.93. The highest BCUT2D eigenvalue weighted by atomic mass is 35.5. The third-order valence-corrected chi connectivity index (χ3v) is 4.45. The lowest BCUT2D eigenvalue weighted by atomic mass is 9.83. The number of nitrogens with zero attached hydrogens (tertiary/aromatic N) is 2. The number of rotatable bonds is 4. The van der Waals surface area contributed by atoms with Crippen molar-refractivity contribution in [2.45, 2.75) is 65.3 Å². The lowest BCUT2D eigenvalue weighted by Gasteiger charge is -2.29. The van der Waals surface area contributed by atoms with Crippen molar-refractivity contribution >= 4 is 17.4 Å². The van der Waals surface area contributed by atoms with Crippen LogP contribution in [0.2, 0.25) is 5.15 Å². The zero-order valence-electron chi connectivity index (χ0n) is 12.2. The summed E-state index contributed by atoms with van der Waals surface area (Å²) >= 11 is 6.11. The quantitative estimate of drug-likeness (QED) is 0.825. The molecule has 0 spiro atoms. The van der Waals surface area contributed by atoms with Crippen LogP contribution in [-0.2, 0) is 0 Å². The first kappa shape index (κ1) is 14.6. The summed E-state index contributed by atoms with van der Waals surface area (Å²) in [6.45, 7) is 6.14. The molecule has 0 saturated heterocycles. The summed E-state index contributed by atoms with van der Waals surface area (Å²) in [5.74, 6) is 2.58. The van der Waals surface area contributed by atoms with Crippen LogP contribution in [0.1, 0.15) is 56.8 Å². The second-order valence-corrected chi connectivity index (χ2v) is 6.04. The van der Waals surface area contributed by atoms with Gasteiger partial charge in [-0.2, -0.15) is 0 Å². The first-order valence-electron chi connectivity index (χ1n) is 7.37. The van der Waals surface area contributed by atoms with Crippen molar-refractivity contribution in [2.24, 2.45) is 5.92 Å². The SMILES string of the molecule is CCCC1CCC(Nc2nc(C)nc(Cl)c2C)CC1. The number of halogens is 1. The molecule has 0 unspecified atom stereocenters. The van der Waals surface area contributed by atoms with E-state index >= 15 is 0 Å². The van der Waals surface area contributed by atoms with E-state index in [1.807, 2.05) is 13.8 Å². The molecule has 0 bridgehead atoms. The molecule has 3 nitrogen and oxygen atoms in total. The van der Waals surface area contributed by atoms with Crippen molar-refractivity contribution in [2.75, 3.05) is 5.32 Å². The highest BCUT2D eigenvalue weighted by Crippen LogP contribution is 2.30. The summed E-state index contributed by atoms with van der Waals surface area (Å²) in [5, 5.41) is 4.12. The summed E-state index contributed by atoms with van der Waals surface area (Å²) in [5.41, 5.74) is 0.961. The Morgan fingerprint density at radius 3 is 2.47 bits per heavy atom. The third kappa shape index (κ3) is 3.82. The molecule has 0 atom stereocenters. The normalized spacial score (nSPS) is 23.4. The maximum Gasteiger partial charge on any atom is 0.137 e. The van der Waals surface area contributed by atoms with Gasteiger partial charge in [0.2, 0.25) is 0 Å². The number of aromatic nitrogens is 2. The van der Waals surface area contributed by atoms with E-state index in [4.69, 9.17) is 11.6 Å². The Hall–Kier alpha value is -0.830. The van der Waals surface area contributed by atoms with Crippen LogP contribution in [0.15, 0.2) is 0 Å². The summed E-state index contributed by atoms with van der Waals surface area (Å²) in [4.78, 5) is 8.65. The predicted molar refractivity (Wildman–Crippen MR) is 80.8 cm³/mol. The van der Waals surface area contributed by atoms with Gasteiger partial charge in [0.15, 0.2) is 0 Å². The highest BCUT2D eigenvalue weighted by molar-refractivity contribution is 6.30.